The molecule has 4 aliphatic rings. The lowest BCUT2D eigenvalue weighted by Gasteiger charge is -2.62. The molecular weight excluding hydrogens is 332 g/mol. The fraction of sp³-hybridized carbons (Fsp3) is 0.920. The van der Waals surface area contributed by atoms with Crippen molar-refractivity contribution in [2.75, 3.05) is 0 Å². The summed E-state index contributed by atoms with van der Waals surface area (Å²) in [4.78, 5) is 0. The van der Waals surface area contributed by atoms with E-state index in [1.165, 1.54) is 32.1 Å². The summed E-state index contributed by atoms with van der Waals surface area (Å²) >= 11 is 0. The summed E-state index contributed by atoms with van der Waals surface area (Å²) in [5.41, 5.74) is -0.892. The zero-order chi connectivity index (χ0) is 20.3. The molecule has 1 atom stereocenters. The summed E-state index contributed by atoms with van der Waals surface area (Å²) in [6.45, 7) is 17.5. The summed E-state index contributed by atoms with van der Waals surface area (Å²) in [7, 11) is 0. The van der Waals surface area contributed by atoms with Crippen molar-refractivity contribution >= 4 is 0 Å². The van der Waals surface area contributed by atoms with E-state index in [4.69, 9.17) is 4.74 Å². The van der Waals surface area contributed by atoms with Crippen LogP contribution >= 0.6 is 0 Å². The molecule has 2 heteroatoms. The van der Waals surface area contributed by atoms with Gasteiger partial charge in [-0.3, -0.25) is 0 Å². The molecule has 0 aromatic heterocycles. The van der Waals surface area contributed by atoms with Crippen LogP contribution in [0.4, 0.5) is 0 Å². The number of aliphatic hydroxyl groups is 1. The first-order chi connectivity index (χ1) is 12.3. The zero-order valence-electron chi connectivity index (χ0n) is 19.2. The average molecular weight is 377 g/mol. The molecule has 1 unspecified atom stereocenters. The summed E-state index contributed by atoms with van der Waals surface area (Å²) in [6, 6.07) is 0. The van der Waals surface area contributed by atoms with E-state index in [-0.39, 0.29) is 16.4 Å². The van der Waals surface area contributed by atoms with Gasteiger partial charge < -0.3 is 9.84 Å². The predicted octanol–water partition coefficient (Wildman–Crippen LogP) is 6.73. The topological polar surface area (TPSA) is 29.5 Å². The Morgan fingerprint density at radius 1 is 0.963 bits per heavy atom. The van der Waals surface area contributed by atoms with Crippen LogP contribution in [0.2, 0.25) is 0 Å². The normalized spacial score (nSPS) is 38.8. The Morgan fingerprint density at radius 2 is 1.44 bits per heavy atom. The van der Waals surface area contributed by atoms with Crippen molar-refractivity contribution in [1.82, 2.24) is 0 Å². The highest BCUT2D eigenvalue weighted by molar-refractivity contribution is 5.17. The Kier molecular flexibility index (Phi) is 5.33. The number of ether oxygens (including phenoxy) is 1. The van der Waals surface area contributed by atoms with Crippen LogP contribution in [0.25, 0.3) is 0 Å². The van der Waals surface area contributed by atoms with Gasteiger partial charge in [0.05, 0.1) is 11.4 Å². The van der Waals surface area contributed by atoms with E-state index in [0.717, 1.165) is 35.9 Å². The van der Waals surface area contributed by atoms with Crippen molar-refractivity contribution in [2.24, 2.45) is 34.5 Å². The monoisotopic (exact) mass is 376 g/mol. The maximum absolute atomic E-state index is 10.7. The fourth-order valence-corrected chi connectivity index (χ4v) is 7.08. The van der Waals surface area contributed by atoms with Crippen LogP contribution in [0.15, 0.2) is 11.8 Å². The van der Waals surface area contributed by atoms with Crippen LogP contribution in [-0.4, -0.2) is 16.3 Å². The van der Waals surface area contributed by atoms with Gasteiger partial charge in [-0.15, -0.1) is 0 Å². The second-order valence-corrected chi connectivity index (χ2v) is 11.9. The molecule has 0 heterocycles. The molecule has 1 N–H and O–H groups in total. The van der Waals surface area contributed by atoms with E-state index in [1.54, 1.807) is 0 Å². The maximum atomic E-state index is 10.7. The van der Waals surface area contributed by atoms with E-state index >= 15 is 0 Å². The van der Waals surface area contributed by atoms with Gasteiger partial charge in [0.15, 0.2) is 0 Å². The van der Waals surface area contributed by atoms with E-state index in [0.29, 0.717) is 6.42 Å². The van der Waals surface area contributed by atoms with Crippen LogP contribution in [0, 0.1) is 34.5 Å². The molecule has 4 aliphatic carbocycles. The standard InChI is InChI=1S/C25H44O2/c1-9-21(24(8,22(3,4)5)16-23(6,7)26)27-25(10-2)19-12-17-11-18(14-19)15-20(25)13-17/h9,17-20,26H,10-16H2,1-8H3. The highest BCUT2D eigenvalue weighted by Crippen LogP contribution is 2.62. The Balaban J connectivity index is 1.95. The fourth-order valence-electron chi connectivity index (χ4n) is 7.08. The van der Waals surface area contributed by atoms with Crippen LogP contribution in [0.3, 0.4) is 0 Å². The highest BCUT2D eigenvalue weighted by Gasteiger charge is 2.59. The van der Waals surface area contributed by atoms with Gasteiger partial charge in [0.1, 0.15) is 5.60 Å². The lowest BCUT2D eigenvalue weighted by molar-refractivity contribution is -0.201. The third kappa shape index (κ3) is 3.61. The third-order valence-electron chi connectivity index (χ3n) is 8.62. The van der Waals surface area contributed by atoms with E-state index < -0.39 is 5.60 Å². The minimum Gasteiger partial charge on any atom is -0.491 e. The van der Waals surface area contributed by atoms with Gasteiger partial charge in [-0.2, -0.15) is 0 Å². The Labute approximate surface area is 168 Å². The molecule has 4 saturated carbocycles. The number of rotatable bonds is 6. The molecular formula is C25H44O2. The first-order valence-electron chi connectivity index (χ1n) is 11.4. The van der Waals surface area contributed by atoms with Gasteiger partial charge in [-0.05, 0) is 101 Å². The first kappa shape index (κ1) is 21.2. The molecule has 4 fully saturated rings. The number of allylic oxidation sites excluding steroid dienone is 2. The van der Waals surface area contributed by atoms with Crippen molar-refractivity contribution in [3.63, 3.8) is 0 Å². The molecule has 2 nitrogen and oxygen atoms in total. The molecule has 4 rings (SSSR count). The predicted molar refractivity (Wildman–Crippen MR) is 113 cm³/mol. The molecule has 0 aromatic rings. The van der Waals surface area contributed by atoms with E-state index in [2.05, 4.69) is 47.6 Å². The van der Waals surface area contributed by atoms with Crippen molar-refractivity contribution in [2.45, 2.75) is 112 Å². The summed E-state index contributed by atoms with van der Waals surface area (Å²) in [5, 5.41) is 10.7. The molecule has 4 bridgehead atoms. The van der Waals surface area contributed by atoms with Crippen LogP contribution < -0.4 is 0 Å². The second-order valence-electron chi connectivity index (χ2n) is 11.9. The quantitative estimate of drug-likeness (QED) is 0.521. The van der Waals surface area contributed by atoms with Gasteiger partial charge in [0, 0.05) is 5.41 Å². The molecule has 0 aromatic carbocycles. The molecule has 27 heavy (non-hydrogen) atoms. The van der Waals surface area contributed by atoms with Gasteiger partial charge in [-0.25, -0.2) is 0 Å². The summed E-state index contributed by atoms with van der Waals surface area (Å²) < 4.78 is 7.20. The first-order valence-corrected chi connectivity index (χ1v) is 11.4. The molecule has 0 saturated heterocycles. The van der Waals surface area contributed by atoms with Gasteiger partial charge in [0.25, 0.3) is 0 Å². The lowest BCUT2D eigenvalue weighted by Crippen LogP contribution is -2.59. The zero-order valence-corrected chi connectivity index (χ0v) is 19.2. The van der Waals surface area contributed by atoms with Gasteiger partial charge >= 0.3 is 0 Å². The molecule has 156 valence electrons. The Bertz CT molecular complexity index is 546. The largest absolute Gasteiger partial charge is 0.491 e. The van der Waals surface area contributed by atoms with E-state index in [9.17, 15) is 5.11 Å². The molecule has 0 radical (unpaired) electrons. The highest BCUT2D eigenvalue weighted by atomic mass is 16.5. The maximum Gasteiger partial charge on any atom is 0.114 e. The minimum absolute atomic E-state index is 0.00961. The average Bonchev–Trinajstić information content (AvgIpc) is 2.51. The van der Waals surface area contributed by atoms with Crippen molar-refractivity contribution < 1.29 is 9.84 Å². The summed E-state index contributed by atoms with van der Waals surface area (Å²) in [6.07, 6.45) is 11.0. The van der Waals surface area contributed by atoms with Crippen molar-refractivity contribution in [3.05, 3.63) is 11.8 Å². The van der Waals surface area contributed by atoms with Crippen LogP contribution in [0.1, 0.15) is 100 Å². The minimum atomic E-state index is -0.719. The lowest BCUT2D eigenvalue weighted by atomic mass is 9.49. The summed E-state index contributed by atoms with van der Waals surface area (Å²) in [5.74, 6) is 4.47. The van der Waals surface area contributed by atoms with Gasteiger partial charge in [0.2, 0.25) is 0 Å². The third-order valence-corrected chi connectivity index (χ3v) is 8.62. The van der Waals surface area contributed by atoms with Gasteiger partial charge in [-0.1, -0.05) is 34.6 Å². The number of hydrogen-bond donors (Lipinski definition) is 1. The van der Waals surface area contributed by atoms with Crippen molar-refractivity contribution in [1.29, 1.82) is 0 Å². The van der Waals surface area contributed by atoms with Crippen LogP contribution in [-0.2, 0) is 4.74 Å². The Hall–Kier alpha value is -0.500. The van der Waals surface area contributed by atoms with Crippen molar-refractivity contribution in [3.8, 4) is 0 Å². The molecule has 0 aliphatic heterocycles. The Morgan fingerprint density at radius 3 is 1.78 bits per heavy atom. The van der Waals surface area contributed by atoms with E-state index in [1.807, 2.05) is 13.8 Å². The second kappa shape index (κ2) is 6.78. The molecule has 0 spiro atoms. The van der Waals surface area contributed by atoms with Crippen LogP contribution in [0.5, 0.6) is 0 Å². The SMILES string of the molecule is CC=C(OC1(CC)C2CC3CC(C2)CC1C3)C(C)(CC(C)(C)O)C(C)(C)C. The number of hydrogen-bond acceptors (Lipinski definition) is 2. The smallest absolute Gasteiger partial charge is 0.114 e. The molecule has 0 amide bonds.